The van der Waals surface area contributed by atoms with Gasteiger partial charge in [-0.3, -0.25) is 0 Å². The maximum Gasteiger partial charge on any atom is 3.00 e. The van der Waals surface area contributed by atoms with Crippen LogP contribution in [0.5, 0.6) is 0 Å². The second-order valence-corrected chi connectivity index (χ2v) is 5.37. The molecule has 0 unspecified atom stereocenters. The molecule has 0 aliphatic rings. The van der Waals surface area contributed by atoms with Gasteiger partial charge in [0.05, 0.1) is 0 Å². The van der Waals surface area contributed by atoms with Crippen LogP contribution >= 0.6 is 31.3 Å². The average Bonchev–Trinajstić information content (AvgIpc) is 1.62. The number of hydrogen-bond acceptors (Lipinski definition) is 16. The van der Waals surface area contributed by atoms with Gasteiger partial charge < -0.3 is 77.0 Å². The van der Waals surface area contributed by atoms with Crippen molar-refractivity contribution in [2.24, 2.45) is 0 Å². The summed E-state index contributed by atoms with van der Waals surface area (Å²) in [5.74, 6) is 0. The molecule has 24 heavy (non-hydrogen) atoms. The average molecular weight is 975 g/mol. The molecular formula is CeGdLaO16P4Tb. The normalized spacial score (nSPS) is 9.83. The van der Waals surface area contributed by atoms with Gasteiger partial charge in [0.15, 0.2) is 0 Å². The van der Waals surface area contributed by atoms with Crippen molar-refractivity contribution in [2.45, 2.75) is 0 Å². The van der Waals surface area contributed by atoms with E-state index in [9.17, 15) is 0 Å². The first-order valence-electron chi connectivity index (χ1n) is 2.92. The third kappa shape index (κ3) is 619. The third-order valence-electron chi connectivity index (χ3n) is 0. The van der Waals surface area contributed by atoms with Gasteiger partial charge in [0, 0.05) is 0 Å². The van der Waals surface area contributed by atoms with Crippen LogP contribution in [0.1, 0.15) is 0 Å². The van der Waals surface area contributed by atoms with Crippen molar-refractivity contribution >= 4 is 31.3 Å². The van der Waals surface area contributed by atoms with Gasteiger partial charge in [0.25, 0.3) is 0 Å². The number of phosphoric acid groups is 4. The molecule has 0 aliphatic carbocycles. The molecule has 16 nitrogen and oxygen atoms in total. The van der Waals surface area contributed by atoms with Crippen LogP contribution in [-0.2, 0) is 18.3 Å². The molecular weight excluding hydrogens is 975 g/mol. The van der Waals surface area contributed by atoms with Gasteiger partial charge in [-0.1, -0.05) is 0 Å². The predicted octanol–water partition coefficient (Wildman–Crippen LogP) is -11.3. The first-order chi connectivity index (χ1) is 8.00. The van der Waals surface area contributed by atoms with Crippen molar-refractivity contribution in [1.82, 2.24) is 0 Å². The molecule has 0 aromatic rings. The van der Waals surface area contributed by atoms with E-state index < -0.39 is 31.3 Å². The van der Waals surface area contributed by atoms with Crippen LogP contribution in [0.25, 0.3) is 0 Å². The molecule has 2 radical (unpaired) electrons. The molecule has 0 aliphatic heterocycles. The van der Waals surface area contributed by atoms with E-state index in [1.54, 1.807) is 0 Å². The fourth-order valence-electron chi connectivity index (χ4n) is 0. The zero-order chi connectivity index (χ0) is 18.0. The Labute approximate surface area is 258 Å². The Hall–Kier alpha value is 5.62. The van der Waals surface area contributed by atoms with Gasteiger partial charge >= 0.3 is 156 Å². The van der Waals surface area contributed by atoms with Gasteiger partial charge in [-0.05, 0) is 0 Å². The zero-order valence-corrected chi connectivity index (χ0v) is 24.8. The van der Waals surface area contributed by atoms with Crippen LogP contribution in [0.2, 0.25) is 0 Å². The topological polar surface area (TPSA) is 345 Å². The molecule has 0 bridgehead atoms. The Morgan fingerprint density at radius 2 is 0.417 bits per heavy atom. The van der Waals surface area contributed by atoms with E-state index in [0.29, 0.717) is 0 Å². The van der Waals surface area contributed by atoms with Crippen LogP contribution in [-0.4, -0.2) is 0 Å². The van der Waals surface area contributed by atoms with Crippen LogP contribution in [0, 0.1) is 156 Å². The summed E-state index contributed by atoms with van der Waals surface area (Å²) in [7, 11) is -21.6. The molecule has 0 N–H and O–H groups in total. The Kier molecular flexibility index (Phi) is 53.8. The SMILES string of the molecule is O=P([O-])([O-])[O-].O=P([O-])([O-])[O-].O=P([O-])([O-])[O-].O=P([O-])([O-])[O-].[Ce+3].[Gd+3].[La+3].[Tb+3]. The van der Waals surface area contributed by atoms with Gasteiger partial charge in [-0.25, -0.2) is 0 Å². The summed E-state index contributed by atoms with van der Waals surface area (Å²) in [5.41, 5.74) is 0. The van der Waals surface area contributed by atoms with Crippen LogP contribution in [0.3, 0.4) is 0 Å². The molecule has 0 saturated heterocycles. The fourth-order valence-corrected chi connectivity index (χ4v) is 0. The summed E-state index contributed by atoms with van der Waals surface area (Å²) in [6, 6.07) is 0. The van der Waals surface area contributed by atoms with Gasteiger partial charge in [0.1, 0.15) is 0 Å². The molecule has 0 spiro atoms. The first-order valence-corrected chi connectivity index (χ1v) is 8.76. The Balaban J connectivity index is -0.0000000225. The summed E-state index contributed by atoms with van der Waals surface area (Å²) in [5, 5.41) is 0. The number of rotatable bonds is 0. The van der Waals surface area contributed by atoms with E-state index in [4.69, 9.17) is 77.0 Å². The molecule has 140 valence electrons. The van der Waals surface area contributed by atoms with Crippen LogP contribution in [0.4, 0.5) is 0 Å². The van der Waals surface area contributed by atoms with Crippen molar-refractivity contribution in [2.75, 3.05) is 0 Å². The van der Waals surface area contributed by atoms with E-state index in [0.717, 1.165) is 0 Å². The largest absolute Gasteiger partial charge is 3.00 e. The van der Waals surface area contributed by atoms with Crippen molar-refractivity contribution in [3.05, 3.63) is 0 Å². The Morgan fingerprint density at radius 1 is 0.417 bits per heavy atom. The summed E-state index contributed by atoms with van der Waals surface area (Å²) in [6.45, 7) is 0. The molecule has 0 aromatic carbocycles. The van der Waals surface area contributed by atoms with Gasteiger partial charge in [-0.2, -0.15) is 31.3 Å². The molecule has 0 heterocycles. The van der Waals surface area contributed by atoms with Gasteiger partial charge in [0.2, 0.25) is 0 Å². The van der Waals surface area contributed by atoms with E-state index >= 15 is 0 Å². The molecule has 0 rings (SSSR count). The molecule has 0 saturated carbocycles. The fraction of sp³-hybridized carbons (Fsp3) is 0. The minimum absolute atomic E-state index is 0. The maximum atomic E-state index is 8.55. The van der Waals surface area contributed by atoms with Crippen molar-refractivity contribution in [3.8, 4) is 0 Å². The summed E-state index contributed by atoms with van der Waals surface area (Å²) >= 11 is 0. The quantitative estimate of drug-likeness (QED) is 0.203. The van der Waals surface area contributed by atoms with E-state index in [2.05, 4.69) is 0 Å². The molecule has 0 aromatic heterocycles. The number of hydrogen-bond donors (Lipinski definition) is 0. The molecule has 0 fully saturated rings. The van der Waals surface area contributed by atoms with Crippen LogP contribution in [0.15, 0.2) is 0 Å². The van der Waals surface area contributed by atoms with Crippen LogP contribution < -0.4 is 58.7 Å². The smallest absolute Gasteiger partial charge is 0.822 e. The van der Waals surface area contributed by atoms with Crippen molar-refractivity contribution < 1.29 is 233 Å². The Bertz CT molecular complexity index is 303. The molecule has 0 amide bonds. The van der Waals surface area contributed by atoms with Crippen molar-refractivity contribution in [1.29, 1.82) is 0 Å². The minimum Gasteiger partial charge on any atom is -0.822 e. The third-order valence-corrected chi connectivity index (χ3v) is 0. The maximum absolute atomic E-state index is 8.55. The summed E-state index contributed by atoms with van der Waals surface area (Å²) in [6.07, 6.45) is 0. The second-order valence-electron chi connectivity index (χ2n) is 1.79. The minimum atomic E-state index is -5.39. The van der Waals surface area contributed by atoms with E-state index in [1.165, 1.54) is 0 Å². The first kappa shape index (κ1) is 51.9. The summed E-state index contributed by atoms with van der Waals surface area (Å²) < 4.78 is 34.2. The van der Waals surface area contributed by atoms with E-state index in [1.807, 2.05) is 0 Å². The molecule has 0 atom stereocenters. The van der Waals surface area contributed by atoms with E-state index in [-0.39, 0.29) is 156 Å². The van der Waals surface area contributed by atoms with Gasteiger partial charge in [-0.15, -0.1) is 0 Å². The van der Waals surface area contributed by atoms with Crippen molar-refractivity contribution in [3.63, 3.8) is 0 Å². The standard InChI is InChI=1S/Ce.Gd.La.4H3O4P.Tb/c;;;4*1-5(2,3)4;/h;;;4*(H3,1,2,3,4);/q3*+3;;;;;+3/p-12. The predicted molar refractivity (Wildman–Crippen MR) is 30.4 cm³/mol. The Morgan fingerprint density at radius 3 is 0.417 bits per heavy atom. The monoisotopic (exact) mass is 975 g/mol. The summed E-state index contributed by atoms with van der Waals surface area (Å²) in [4.78, 5) is 103. The molecule has 24 heteroatoms. The second kappa shape index (κ2) is 24.9. The zero-order valence-electron chi connectivity index (χ0n) is 10.1.